The average molecular weight is 330 g/mol. The molecule has 6 heteroatoms. The van der Waals surface area contributed by atoms with Crippen molar-refractivity contribution in [3.63, 3.8) is 0 Å². The third-order valence-corrected chi connectivity index (χ3v) is 4.48. The Kier molecular flexibility index (Phi) is 4.85. The van der Waals surface area contributed by atoms with Crippen LogP contribution in [0.2, 0.25) is 0 Å². The van der Waals surface area contributed by atoms with Gasteiger partial charge in [0, 0.05) is 11.6 Å². The monoisotopic (exact) mass is 330 g/mol. The highest BCUT2D eigenvalue weighted by atomic mass is 16.5. The molecular formula is C18H24N3O3+. The lowest BCUT2D eigenvalue weighted by Crippen LogP contribution is -3.12. The highest BCUT2D eigenvalue weighted by molar-refractivity contribution is 6.05. The van der Waals surface area contributed by atoms with Crippen LogP contribution in [-0.2, 0) is 4.74 Å². The predicted octanol–water partition coefficient (Wildman–Crippen LogP) is 0.755. The van der Waals surface area contributed by atoms with Crippen LogP contribution < -0.4 is 14.5 Å². The second kappa shape index (κ2) is 7.05. The molecule has 1 saturated heterocycles. The zero-order valence-corrected chi connectivity index (χ0v) is 14.5. The molecule has 0 saturated carbocycles. The summed E-state index contributed by atoms with van der Waals surface area (Å²) >= 11 is 0. The van der Waals surface area contributed by atoms with E-state index >= 15 is 0 Å². The lowest BCUT2D eigenvalue weighted by molar-refractivity contribution is -0.880. The van der Waals surface area contributed by atoms with E-state index in [0.717, 1.165) is 48.5 Å². The van der Waals surface area contributed by atoms with Crippen LogP contribution in [0, 0.1) is 0 Å². The van der Waals surface area contributed by atoms with Gasteiger partial charge in [0.15, 0.2) is 0 Å². The van der Waals surface area contributed by atoms with Gasteiger partial charge in [-0.1, -0.05) is 0 Å². The van der Waals surface area contributed by atoms with Crippen LogP contribution >= 0.6 is 0 Å². The van der Waals surface area contributed by atoms with E-state index in [2.05, 4.69) is 16.9 Å². The van der Waals surface area contributed by atoms with Crippen molar-refractivity contribution in [2.75, 3.05) is 51.8 Å². The first kappa shape index (κ1) is 16.5. The predicted molar refractivity (Wildman–Crippen MR) is 93.1 cm³/mol. The molecule has 0 bridgehead atoms. The van der Waals surface area contributed by atoms with E-state index in [1.165, 1.54) is 4.90 Å². The SMILES string of the molecule is CCOC(=O)c1cnc2ccc(OC)cc2c1N1CC[NH+](C)CC1. The van der Waals surface area contributed by atoms with E-state index in [4.69, 9.17) is 9.47 Å². The van der Waals surface area contributed by atoms with Gasteiger partial charge in [-0.05, 0) is 25.1 Å². The summed E-state index contributed by atoms with van der Waals surface area (Å²) in [7, 11) is 3.83. The molecule has 3 rings (SSSR count). The fraction of sp³-hybridized carbons (Fsp3) is 0.444. The van der Waals surface area contributed by atoms with Crippen LogP contribution in [0.5, 0.6) is 5.75 Å². The Bertz CT molecular complexity index is 740. The van der Waals surface area contributed by atoms with Crippen LogP contribution in [0.4, 0.5) is 5.69 Å². The minimum absolute atomic E-state index is 0.323. The van der Waals surface area contributed by atoms with Crippen LogP contribution in [0.1, 0.15) is 17.3 Å². The molecular weight excluding hydrogens is 306 g/mol. The Morgan fingerprint density at radius 1 is 1.33 bits per heavy atom. The number of nitrogens with one attached hydrogen (secondary N) is 1. The molecule has 2 heterocycles. The first-order valence-corrected chi connectivity index (χ1v) is 8.34. The molecule has 6 nitrogen and oxygen atoms in total. The summed E-state index contributed by atoms with van der Waals surface area (Å²) in [6.07, 6.45) is 1.63. The number of carbonyl (C=O) groups is 1. The van der Waals surface area contributed by atoms with Crippen molar-refractivity contribution < 1.29 is 19.2 Å². The highest BCUT2D eigenvalue weighted by Crippen LogP contribution is 2.32. The number of aromatic nitrogens is 1. The van der Waals surface area contributed by atoms with Crippen molar-refractivity contribution in [1.29, 1.82) is 0 Å². The van der Waals surface area contributed by atoms with E-state index in [9.17, 15) is 4.79 Å². The van der Waals surface area contributed by atoms with Gasteiger partial charge in [-0.15, -0.1) is 0 Å². The van der Waals surface area contributed by atoms with Gasteiger partial charge < -0.3 is 19.3 Å². The highest BCUT2D eigenvalue weighted by Gasteiger charge is 2.25. The Hall–Kier alpha value is -2.34. The molecule has 1 aromatic heterocycles. The summed E-state index contributed by atoms with van der Waals surface area (Å²) < 4.78 is 10.6. The third-order valence-electron chi connectivity index (χ3n) is 4.48. The Balaban J connectivity index is 2.15. The number of pyridine rings is 1. The second-order valence-electron chi connectivity index (χ2n) is 6.07. The second-order valence-corrected chi connectivity index (χ2v) is 6.07. The maximum atomic E-state index is 12.4. The standard InChI is InChI=1S/C18H23N3O3/c1-4-24-18(22)15-12-19-16-6-5-13(23-3)11-14(16)17(15)21-9-7-20(2)8-10-21/h5-6,11-12H,4,7-10H2,1-3H3/p+1. The van der Waals surface area contributed by atoms with Crippen LogP contribution in [0.25, 0.3) is 10.9 Å². The van der Waals surface area contributed by atoms with Gasteiger partial charge in [0.25, 0.3) is 0 Å². The molecule has 0 aliphatic carbocycles. The number of esters is 1. The Morgan fingerprint density at radius 2 is 2.08 bits per heavy atom. The molecule has 0 unspecified atom stereocenters. The molecule has 1 fully saturated rings. The number of carbonyl (C=O) groups excluding carboxylic acids is 1. The number of rotatable bonds is 4. The molecule has 128 valence electrons. The van der Waals surface area contributed by atoms with Crippen molar-refractivity contribution >= 4 is 22.6 Å². The van der Waals surface area contributed by atoms with Crippen LogP contribution in [0.15, 0.2) is 24.4 Å². The van der Waals surface area contributed by atoms with E-state index < -0.39 is 0 Å². The normalized spacial score (nSPS) is 15.5. The topological polar surface area (TPSA) is 56.1 Å². The molecule has 0 spiro atoms. The van der Waals surface area contributed by atoms with Gasteiger partial charge in [0.1, 0.15) is 11.3 Å². The summed E-state index contributed by atoms with van der Waals surface area (Å²) in [6.45, 7) is 6.03. The zero-order chi connectivity index (χ0) is 17.1. The van der Waals surface area contributed by atoms with E-state index in [1.54, 1.807) is 13.3 Å². The van der Waals surface area contributed by atoms with Crippen molar-refractivity contribution in [2.24, 2.45) is 0 Å². The molecule has 1 aliphatic rings. The number of quaternary nitrogens is 1. The Labute approximate surface area is 142 Å². The first-order chi connectivity index (χ1) is 11.6. The van der Waals surface area contributed by atoms with Gasteiger partial charge in [0.05, 0.1) is 58.1 Å². The number of anilines is 1. The number of nitrogens with zero attached hydrogens (tertiary/aromatic N) is 2. The summed E-state index contributed by atoms with van der Waals surface area (Å²) in [5.74, 6) is 0.433. The third kappa shape index (κ3) is 3.14. The number of benzene rings is 1. The number of fused-ring (bicyclic) bond motifs is 1. The summed E-state index contributed by atoms with van der Waals surface area (Å²) in [4.78, 5) is 20.7. The molecule has 24 heavy (non-hydrogen) atoms. The zero-order valence-electron chi connectivity index (χ0n) is 14.5. The lowest BCUT2D eigenvalue weighted by atomic mass is 10.1. The largest absolute Gasteiger partial charge is 0.497 e. The summed E-state index contributed by atoms with van der Waals surface area (Å²) in [5, 5.41) is 0.930. The number of methoxy groups -OCH3 is 1. The number of hydrogen-bond donors (Lipinski definition) is 1. The van der Waals surface area contributed by atoms with Gasteiger partial charge in [-0.2, -0.15) is 0 Å². The van der Waals surface area contributed by atoms with Crippen molar-refractivity contribution in [3.8, 4) is 5.75 Å². The van der Waals surface area contributed by atoms with Gasteiger partial charge in [-0.25, -0.2) is 4.79 Å². The van der Waals surface area contributed by atoms with Crippen molar-refractivity contribution in [1.82, 2.24) is 4.98 Å². The number of ether oxygens (including phenoxy) is 2. The number of likely N-dealkylation sites (N-methyl/N-ethyl adjacent to an activating group) is 1. The van der Waals surface area contributed by atoms with E-state index in [1.807, 2.05) is 25.1 Å². The fourth-order valence-electron chi connectivity index (χ4n) is 3.10. The minimum Gasteiger partial charge on any atom is -0.497 e. The molecule has 0 amide bonds. The molecule has 0 radical (unpaired) electrons. The summed E-state index contributed by atoms with van der Waals surface area (Å²) in [5.41, 5.74) is 2.28. The van der Waals surface area contributed by atoms with Crippen molar-refractivity contribution in [3.05, 3.63) is 30.0 Å². The van der Waals surface area contributed by atoms with Crippen LogP contribution in [0.3, 0.4) is 0 Å². The maximum absolute atomic E-state index is 12.4. The number of hydrogen-bond acceptors (Lipinski definition) is 5. The van der Waals surface area contributed by atoms with Gasteiger partial charge in [-0.3, -0.25) is 4.98 Å². The van der Waals surface area contributed by atoms with Crippen molar-refractivity contribution in [2.45, 2.75) is 6.92 Å². The van der Waals surface area contributed by atoms with Gasteiger partial charge >= 0.3 is 5.97 Å². The van der Waals surface area contributed by atoms with E-state index in [0.29, 0.717) is 12.2 Å². The number of piperazine rings is 1. The molecule has 2 aromatic rings. The quantitative estimate of drug-likeness (QED) is 0.839. The molecule has 1 aliphatic heterocycles. The molecule has 1 N–H and O–H groups in total. The minimum atomic E-state index is -0.323. The smallest absolute Gasteiger partial charge is 0.341 e. The first-order valence-electron chi connectivity index (χ1n) is 8.34. The molecule has 1 aromatic carbocycles. The average Bonchev–Trinajstić information content (AvgIpc) is 2.61. The maximum Gasteiger partial charge on any atom is 0.341 e. The van der Waals surface area contributed by atoms with Gasteiger partial charge in [0.2, 0.25) is 0 Å². The molecule has 0 atom stereocenters. The van der Waals surface area contributed by atoms with E-state index in [-0.39, 0.29) is 5.97 Å². The fourth-order valence-corrected chi connectivity index (χ4v) is 3.10. The Morgan fingerprint density at radius 3 is 2.75 bits per heavy atom. The lowest BCUT2D eigenvalue weighted by Gasteiger charge is -2.33. The summed E-state index contributed by atoms with van der Waals surface area (Å²) in [6, 6.07) is 5.76. The van der Waals surface area contributed by atoms with Crippen LogP contribution in [-0.4, -0.2) is 57.9 Å².